The number of aliphatic hydroxyl groups excluding tert-OH is 1. The quantitative estimate of drug-likeness (QED) is 0.137. The summed E-state index contributed by atoms with van der Waals surface area (Å²) in [6, 6.07) is 0. The topological polar surface area (TPSA) is 20.2 Å². The Morgan fingerprint density at radius 3 is 0.767 bits per heavy atom. The molecule has 0 aromatic heterocycles. The highest BCUT2D eigenvalue weighted by molar-refractivity contribution is 4.58. The first-order valence-corrected chi connectivity index (χ1v) is 14.5. The van der Waals surface area contributed by atoms with Crippen molar-refractivity contribution in [2.75, 3.05) is 0 Å². The standard InChI is InChI=1S/C29H60O/c1-3-5-7-9-11-12-13-14-15-16-17-18-19-20-21-22-24-26-28-29(30)27-25-23-10-8-6-4-2/h29-30H,3-28H2,1-2H3. The average molecular weight is 425 g/mol. The summed E-state index contributed by atoms with van der Waals surface area (Å²) in [4.78, 5) is 0. The van der Waals surface area contributed by atoms with Crippen LogP contribution in [-0.2, 0) is 0 Å². The zero-order chi connectivity index (χ0) is 22.0. The lowest BCUT2D eigenvalue weighted by Crippen LogP contribution is -2.05. The molecule has 0 amide bonds. The van der Waals surface area contributed by atoms with E-state index >= 15 is 0 Å². The molecular weight excluding hydrogens is 364 g/mol. The zero-order valence-corrected chi connectivity index (χ0v) is 21.4. The van der Waals surface area contributed by atoms with E-state index in [1.54, 1.807) is 0 Å². The van der Waals surface area contributed by atoms with Crippen molar-refractivity contribution >= 4 is 0 Å². The lowest BCUT2D eigenvalue weighted by molar-refractivity contribution is 0.147. The maximum Gasteiger partial charge on any atom is 0.0540 e. The van der Waals surface area contributed by atoms with Crippen LogP contribution in [-0.4, -0.2) is 11.2 Å². The fraction of sp³-hybridized carbons (Fsp3) is 1.00. The molecule has 0 aliphatic rings. The highest BCUT2D eigenvalue weighted by atomic mass is 16.3. The van der Waals surface area contributed by atoms with E-state index in [-0.39, 0.29) is 6.10 Å². The monoisotopic (exact) mass is 424 g/mol. The van der Waals surface area contributed by atoms with Crippen molar-refractivity contribution in [3.05, 3.63) is 0 Å². The third kappa shape index (κ3) is 26.0. The van der Waals surface area contributed by atoms with Gasteiger partial charge in [-0.15, -0.1) is 0 Å². The van der Waals surface area contributed by atoms with Gasteiger partial charge >= 0.3 is 0 Å². The highest BCUT2D eigenvalue weighted by Gasteiger charge is 2.03. The van der Waals surface area contributed by atoms with Gasteiger partial charge in [0.1, 0.15) is 0 Å². The van der Waals surface area contributed by atoms with Gasteiger partial charge in [0, 0.05) is 0 Å². The number of hydrogen-bond donors (Lipinski definition) is 1. The van der Waals surface area contributed by atoms with Crippen LogP contribution in [0.4, 0.5) is 0 Å². The van der Waals surface area contributed by atoms with Crippen LogP contribution in [0.3, 0.4) is 0 Å². The van der Waals surface area contributed by atoms with Gasteiger partial charge in [0.05, 0.1) is 6.10 Å². The molecule has 0 saturated carbocycles. The molecule has 0 heterocycles. The lowest BCUT2D eigenvalue weighted by Gasteiger charge is -2.10. The molecule has 0 rings (SSSR count). The number of rotatable bonds is 26. The fourth-order valence-corrected chi connectivity index (χ4v) is 4.59. The molecule has 0 spiro atoms. The molecule has 0 radical (unpaired) electrons. The first-order chi connectivity index (χ1) is 14.8. The van der Waals surface area contributed by atoms with Gasteiger partial charge in [-0.25, -0.2) is 0 Å². The van der Waals surface area contributed by atoms with Crippen molar-refractivity contribution in [3.8, 4) is 0 Å². The number of aliphatic hydroxyl groups is 1. The average Bonchev–Trinajstić information content (AvgIpc) is 2.75. The molecule has 0 saturated heterocycles. The normalized spacial score (nSPS) is 12.5. The third-order valence-corrected chi connectivity index (χ3v) is 6.78. The summed E-state index contributed by atoms with van der Waals surface area (Å²) in [6.07, 6.45) is 35.7. The fourth-order valence-electron chi connectivity index (χ4n) is 4.59. The van der Waals surface area contributed by atoms with E-state index in [9.17, 15) is 5.11 Å². The SMILES string of the molecule is CCCCCCCCCCCCCCCCCCCCC(O)CCCCCCCC. The molecule has 0 aliphatic carbocycles. The Bertz CT molecular complexity index is 288. The molecule has 0 aromatic rings. The summed E-state index contributed by atoms with van der Waals surface area (Å²) in [7, 11) is 0. The van der Waals surface area contributed by atoms with Gasteiger partial charge in [-0.2, -0.15) is 0 Å². The van der Waals surface area contributed by atoms with E-state index in [0.717, 1.165) is 12.8 Å². The summed E-state index contributed by atoms with van der Waals surface area (Å²) in [5, 5.41) is 10.1. The summed E-state index contributed by atoms with van der Waals surface area (Å²) in [6.45, 7) is 4.56. The van der Waals surface area contributed by atoms with Crippen LogP contribution in [0.15, 0.2) is 0 Å². The molecule has 0 aromatic carbocycles. The van der Waals surface area contributed by atoms with Crippen LogP contribution >= 0.6 is 0 Å². The smallest absolute Gasteiger partial charge is 0.0540 e. The van der Waals surface area contributed by atoms with Crippen molar-refractivity contribution in [3.63, 3.8) is 0 Å². The van der Waals surface area contributed by atoms with Crippen molar-refractivity contribution in [1.29, 1.82) is 0 Å². The summed E-state index contributed by atoms with van der Waals surface area (Å²) < 4.78 is 0. The molecule has 1 heteroatoms. The second-order valence-corrected chi connectivity index (χ2v) is 10.0. The number of hydrogen-bond acceptors (Lipinski definition) is 1. The van der Waals surface area contributed by atoms with E-state index < -0.39 is 0 Å². The predicted molar refractivity (Wildman–Crippen MR) is 137 cm³/mol. The maximum atomic E-state index is 10.1. The van der Waals surface area contributed by atoms with Crippen LogP contribution in [0.1, 0.15) is 181 Å². The molecular formula is C29H60O. The highest BCUT2D eigenvalue weighted by Crippen LogP contribution is 2.16. The van der Waals surface area contributed by atoms with Gasteiger partial charge in [-0.3, -0.25) is 0 Å². The molecule has 1 N–H and O–H groups in total. The Morgan fingerprint density at radius 2 is 0.533 bits per heavy atom. The van der Waals surface area contributed by atoms with Crippen molar-refractivity contribution in [2.24, 2.45) is 0 Å². The van der Waals surface area contributed by atoms with Gasteiger partial charge in [0.15, 0.2) is 0 Å². The summed E-state index contributed by atoms with van der Waals surface area (Å²) in [5.74, 6) is 0. The first kappa shape index (κ1) is 30.0. The lowest BCUT2D eigenvalue weighted by atomic mass is 10.0. The van der Waals surface area contributed by atoms with Gasteiger partial charge < -0.3 is 5.11 Å². The minimum Gasteiger partial charge on any atom is -0.393 e. The van der Waals surface area contributed by atoms with Gasteiger partial charge in [0.2, 0.25) is 0 Å². The van der Waals surface area contributed by atoms with Crippen LogP contribution in [0.25, 0.3) is 0 Å². The van der Waals surface area contributed by atoms with Gasteiger partial charge in [-0.05, 0) is 12.8 Å². The minimum atomic E-state index is -0.0303. The predicted octanol–water partition coefficient (Wildman–Crippen LogP) is 10.5. The Kier molecular flexibility index (Phi) is 27.0. The van der Waals surface area contributed by atoms with Crippen molar-refractivity contribution < 1.29 is 5.11 Å². The van der Waals surface area contributed by atoms with E-state index in [1.807, 2.05) is 0 Å². The zero-order valence-electron chi connectivity index (χ0n) is 21.4. The Labute approximate surface area is 192 Å². The molecule has 1 unspecified atom stereocenters. The van der Waals surface area contributed by atoms with E-state index in [1.165, 1.54) is 154 Å². The molecule has 1 atom stereocenters. The molecule has 30 heavy (non-hydrogen) atoms. The van der Waals surface area contributed by atoms with Crippen LogP contribution < -0.4 is 0 Å². The molecule has 0 bridgehead atoms. The molecule has 1 nitrogen and oxygen atoms in total. The van der Waals surface area contributed by atoms with Crippen LogP contribution in [0, 0.1) is 0 Å². The Balaban J connectivity index is 3.09. The van der Waals surface area contributed by atoms with Gasteiger partial charge in [-0.1, -0.05) is 168 Å². The first-order valence-electron chi connectivity index (χ1n) is 14.5. The summed E-state index contributed by atoms with van der Waals surface area (Å²) in [5.41, 5.74) is 0. The second-order valence-electron chi connectivity index (χ2n) is 10.0. The third-order valence-electron chi connectivity index (χ3n) is 6.78. The van der Waals surface area contributed by atoms with Crippen molar-refractivity contribution in [2.45, 2.75) is 187 Å². The van der Waals surface area contributed by atoms with Gasteiger partial charge in [0.25, 0.3) is 0 Å². The second kappa shape index (κ2) is 27.0. The molecule has 0 aliphatic heterocycles. The molecule has 0 fully saturated rings. The van der Waals surface area contributed by atoms with Crippen LogP contribution in [0.2, 0.25) is 0 Å². The van der Waals surface area contributed by atoms with Crippen LogP contribution in [0.5, 0.6) is 0 Å². The number of unbranched alkanes of at least 4 members (excludes halogenated alkanes) is 22. The Hall–Kier alpha value is -0.0400. The summed E-state index contributed by atoms with van der Waals surface area (Å²) >= 11 is 0. The largest absolute Gasteiger partial charge is 0.393 e. The minimum absolute atomic E-state index is 0.0303. The van der Waals surface area contributed by atoms with E-state index in [2.05, 4.69) is 13.8 Å². The molecule has 182 valence electrons. The van der Waals surface area contributed by atoms with E-state index in [0.29, 0.717) is 0 Å². The van der Waals surface area contributed by atoms with E-state index in [4.69, 9.17) is 0 Å². The van der Waals surface area contributed by atoms with Crippen molar-refractivity contribution in [1.82, 2.24) is 0 Å². The maximum absolute atomic E-state index is 10.1. The Morgan fingerprint density at radius 1 is 0.333 bits per heavy atom.